The zero-order valence-corrected chi connectivity index (χ0v) is 13.6. The first kappa shape index (κ1) is 17.6. The largest absolute Gasteiger partial charge is 0.394 e. The van der Waals surface area contributed by atoms with Crippen molar-refractivity contribution in [1.29, 1.82) is 5.41 Å². The molecule has 21 heavy (non-hydrogen) atoms. The molecule has 0 bridgehead atoms. The van der Waals surface area contributed by atoms with E-state index in [1.165, 1.54) is 17.8 Å². The number of hydrogen-bond acceptors (Lipinski definition) is 6. The summed E-state index contributed by atoms with van der Waals surface area (Å²) in [6.45, 7) is 1.39. The van der Waals surface area contributed by atoms with Gasteiger partial charge in [-0.05, 0) is 22.6 Å². The lowest BCUT2D eigenvalue weighted by atomic mass is 9.99. The van der Waals surface area contributed by atoms with Crippen molar-refractivity contribution < 1.29 is 14.7 Å². The molecule has 5 N–H and O–H groups in total. The molecule has 8 nitrogen and oxygen atoms in total. The maximum atomic E-state index is 12.0. The third-order valence-electron chi connectivity index (χ3n) is 2.79. The van der Waals surface area contributed by atoms with Gasteiger partial charge in [0.25, 0.3) is 5.91 Å². The van der Waals surface area contributed by atoms with Gasteiger partial charge in [-0.3, -0.25) is 15.0 Å². The number of allylic oxidation sites excluding steroid dienone is 1. The van der Waals surface area contributed by atoms with Crippen LogP contribution in [0.2, 0.25) is 0 Å². The SMILES string of the molecule is C/C=C(\N=C(NP)SC)C(=N)C(=O)NC1C(=O)NC1CO. The van der Waals surface area contributed by atoms with Gasteiger partial charge in [0.1, 0.15) is 11.8 Å². The Morgan fingerprint density at radius 3 is 2.76 bits per heavy atom. The molecule has 3 atom stereocenters. The fraction of sp³-hybridized carbons (Fsp3) is 0.455. The minimum atomic E-state index is -0.815. The molecule has 116 valence electrons. The van der Waals surface area contributed by atoms with E-state index in [1.807, 2.05) is 0 Å². The van der Waals surface area contributed by atoms with Crippen LogP contribution in [0.1, 0.15) is 6.92 Å². The minimum absolute atomic E-state index is 0.187. The number of amides is 2. The summed E-state index contributed by atoms with van der Waals surface area (Å²) >= 11 is 1.33. The topological polar surface area (TPSA) is 127 Å². The summed E-state index contributed by atoms with van der Waals surface area (Å²) in [5, 5.41) is 25.0. The summed E-state index contributed by atoms with van der Waals surface area (Å²) in [5.41, 5.74) is -0.159. The highest BCUT2D eigenvalue weighted by Crippen LogP contribution is 2.09. The van der Waals surface area contributed by atoms with Gasteiger partial charge in [0.2, 0.25) is 5.91 Å². The van der Waals surface area contributed by atoms with Crippen LogP contribution in [0, 0.1) is 5.41 Å². The fourth-order valence-corrected chi connectivity index (χ4v) is 2.33. The summed E-state index contributed by atoms with van der Waals surface area (Å²) in [6, 6.07) is -1.33. The first-order valence-corrected chi connectivity index (χ1v) is 7.85. The van der Waals surface area contributed by atoms with E-state index in [2.05, 4.69) is 30.1 Å². The van der Waals surface area contributed by atoms with Crippen molar-refractivity contribution in [2.75, 3.05) is 12.9 Å². The quantitative estimate of drug-likeness (QED) is 0.191. The lowest BCUT2D eigenvalue weighted by molar-refractivity contribution is -0.135. The van der Waals surface area contributed by atoms with Crippen molar-refractivity contribution in [1.82, 2.24) is 15.7 Å². The van der Waals surface area contributed by atoms with Crippen LogP contribution in [0.25, 0.3) is 0 Å². The van der Waals surface area contributed by atoms with Crippen LogP contribution < -0.4 is 15.7 Å². The Balaban J connectivity index is 2.75. The number of nitrogens with zero attached hydrogens (tertiary/aromatic N) is 1. The van der Waals surface area contributed by atoms with Gasteiger partial charge < -0.3 is 20.8 Å². The summed E-state index contributed by atoms with van der Waals surface area (Å²) in [5.74, 6) is -1.09. The number of β-lactam (4-membered cyclic amide) rings is 1. The van der Waals surface area contributed by atoms with E-state index in [-0.39, 0.29) is 23.9 Å². The molecule has 0 aromatic rings. The standard InChI is InChI=1S/C11H18N5O3PS/c1-3-5(14-11(16-20)21-2)7(12)9(18)15-8-6(4-17)13-10(8)19/h3,6,8,12,17H,4,20H2,1-2H3,(H,13,19)(H,14,16)(H,15,18)/b5-3-,12-7?. The second kappa shape index (κ2) is 8.11. The smallest absolute Gasteiger partial charge is 0.272 e. The molecule has 0 aromatic heterocycles. The van der Waals surface area contributed by atoms with Gasteiger partial charge in [-0.1, -0.05) is 17.8 Å². The number of amidine groups is 1. The predicted molar refractivity (Wildman–Crippen MR) is 86.2 cm³/mol. The molecule has 3 unspecified atom stereocenters. The lowest BCUT2D eigenvalue weighted by Crippen LogP contribution is -2.70. The molecule has 2 amide bonds. The second-order valence-corrected chi connectivity index (χ2v) is 5.15. The molecule has 1 aliphatic rings. The highest BCUT2D eigenvalue weighted by atomic mass is 32.2. The molecule has 1 saturated heterocycles. The highest BCUT2D eigenvalue weighted by Gasteiger charge is 2.40. The Hall–Kier alpha value is -1.44. The number of aliphatic hydroxyl groups excluding tert-OH is 1. The zero-order valence-electron chi connectivity index (χ0n) is 11.6. The highest BCUT2D eigenvalue weighted by molar-refractivity contribution is 8.13. The molecule has 0 aromatic carbocycles. The van der Waals surface area contributed by atoms with Gasteiger partial charge in [0, 0.05) is 0 Å². The van der Waals surface area contributed by atoms with E-state index < -0.39 is 18.0 Å². The minimum Gasteiger partial charge on any atom is -0.394 e. The van der Waals surface area contributed by atoms with Crippen molar-refractivity contribution in [3.8, 4) is 0 Å². The zero-order chi connectivity index (χ0) is 16.0. The number of thioether (sulfide) groups is 1. The third kappa shape index (κ3) is 4.26. The monoisotopic (exact) mass is 331 g/mol. The molecular weight excluding hydrogens is 313 g/mol. The molecular formula is C11H18N5O3PS. The Labute approximate surface area is 129 Å². The van der Waals surface area contributed by atoms with Crippen LogP contribution in [0.4, 0.5) is 0 Å². The van der Waals surface area contributed by atoms with Gasteiger partial charge in [-0.25, -0.2) is 4.99 Å². The number of nitrogens with one attached hydrogen (secondary N) is 4. The number of carbonyl (C=O) groups excluding carboxylic acids is 2. The Morgan fingerprint density at radius 1 is 1.67 bits per heavy atom. The van der Waals surface area contributed by atoms with Gasteiger partial charge in [0.15, 0.2) is 5.17 Å². The van der Waals surface area contributed by atoms with Gasteiger partial charge in [-0.2, -0.15) is 0 Å². The van der Waals surface area contributed by atoms with E-state index in [4.69, 9.17) is 10.5 Å². The molecule has 1 heterocycles. The maximum Gasteiger partial charge on any atom is 0.272 e. The van der Waals surface area contributed by atoms with Crippen molar-refractivity contribution >= 4 is 43.8 Å². The Kier molecular flexibility index (Phi) is 6.80. The van der Waals surface area contributed by atoms with Crippen molar-refractivity contribution in [2.24, 2.45) is 4.99 Å². The maximum absolute atomic E-state index is 12.0. The molecule has 0 spiro atoms. The normalized spacial score (nSPS) is 22.2. The van der Waals surface area contributed by atoms with Gasteiger partial charge in [-0.15, -0.1) is 0 Å². The van der Waals surface area contributed by atoms with E-state index in [0.717, 1.165) is 0 Å². The second-order valence-electron chi connectivity index (χ2n) is 4.06. The summed E-state index contributed by atoms with van der Waals surface area (Å²) in [6.07, 6.45) is 3.34. The average molecular weight is 331 g/mol. The van der Waals surface area contributed by atoms with Crippen molar-refractivity contribution in [3.63, 3.8) is 0 Å². The van der Waals surface area contributed by atoms with Crippen molar-refractivity contribution in [2.45, 2.75) is 19.0 Å². The molecule has 0 aliphatic carbocycles. The molecule has 10 heteroatoms. The van der Waals surface area contributed by atoms with E-state index in [0.29, 0.717) is 5.17 Å². The first-order chi connectivity index (χ1) is 9.98. The van der Waals surface area contributed by atoms with Crippen LogP contribution in [0.3, 0.4) is 0 Å². The molecule has 0 saturated carbocycles. The van der Waals surface area contributed by atoms with Gasteiger partial charge in [0.05, 0.1) is 18.3 Å². The van der Waals surface area contributed by atoms with E-state index in [1.54, 1.807) is 13.2 Å². The van der Waals surface area contributed by atoms with Crippen LogP contribution in [0.15, 0.2) is 16.8 Å². The van der Waals surface area contributed by atoms with Crippen LogP contribution in [0.5, 0.6) is 0 Å². The average Bonchev–Trinajstić information content (AvgIpc) is 2.50. The van der Waals surface area contributed by atoms with Gasteiger partial charge >= 0.3 is 0 Å². The van der Waals surface area contributed by atoms with E-state index >= 15 is 0 Å². The number of rotatable bonds is 5. The molecule has 0 radical (unpaired) electrons. The number of aliphatic imine (C=N–C) groups is 1. The Morgan fingerprint density at radius 2 is 2.33 bits per heavy atom. The molecule has 1 aliphatic heterocycles. The predicted octanol–water partition coefficient (Wildman–Crippen LogP) is -1.02. The molecule has 1 rings (SSSR count). The molecule has 1 fully saturated rings. The summed E-state index contributed by atoms with van der Waals surface area (Å²) < 4.78 is 0. The third-order valence-corrected chi connectivity index (χ3v) is 3.87. The van der Waals surface area contributed by atoms with Crippen LogP contribution in [-0.4, -0.2) is 52.7 Å². The number of aliphatic hydroxyl groups is 1. The lowest BCUT2D eigenvalue weighted by Gasteiger charge is -2.35. The number of carbonyl (C=O) groups is 2. The van der Waals surface area contributed by atoms with Crippen molar-refractivity contribution in [3.05, 3.63) is 11.8 Å². The number of hydrogen-bond donors (Lipinski definition) is 5. The summed E-state index contributed by atoms with van der Waals surface area (Å²) in [4.78, 5) is 27.4. The van der Waals surface area contributed by atoms with Crippen LogP contribution in [-0.2, 0) is 9.59 Å². The van der Waals surface area contributed by atoms with Crippen LogP contribution >= 0.6 is 21.2 Å². The van der Waals surface area contributed by atoms with E-state index in [9.17, 15) is 9.59 Å². The first-order valence-electron chi connectivity index (χ1n) is 6.05. The summed E-state index contributed by atoms with van der Waals surface area (Å²) in [7, 11) is 2.28. The fourth-order valence-electron chi connectivity index (χ4n) is 1.60. The Bertz CT molecular complexity index is 502.